The van der Waals surface area contributed by atoms with E-state index in [1.54, 1.807) is 0 Å². The van der Waals surface area contributed by atoms with Crippen LogP contribution in [0.1, 0.15) is 59.8 Å². The first-order chi connectivity index (χ1) is 23.5. The molecule has 0 atom stereocenters. The number of pyridine rings is 2. The molecule has 0 spiro atoms. The number of fused-ring (bicyclic) bond motifs is 4. The molecule has 3 nitrogen and oxygen atoms in total. The van der Waals surface area contributed by atoms with E-state index in [0.717, 1.165) is 24.3 Å². The van der Waals surface area contributed by atoms with Crippen molar-refractivity contribution in [2.45, 2.75) is 64.5 Å². The van der Waals surface area contributed by atoms with Crippen molar-refractivity contribution in [3.05, 3.63) is 82.7 Å². The zero-order valence-electron chi connectivity index (χ0n) is 31.0. The van der Waals surface area contributed by atoms with E-state index in [2.05, 4.69) is 9.97 Å². The maximum Gasteiger partial charge on any atom is 0.384 e. The zero-order valence-corrected chi connectivity index (χ0v) is 23.0. The lowest BCUT2D eigenvalue weighted by atomic mass is 9.78. The predicted octanol–water partition coefficient (Wildman–Crippen LogP) is 10.4. The van der Waals surface area contributed by atoms with Crippen molar-refractivity contribution in [3.63, 3.8) is 0 Å². The maximum absolute atomic E-state index is 15.8. The van der Waals surface area contributed by atoms with Crippen LogP contribution in [0, 0.1) is 19.1 Å². The molecule has 0 saturated heterocycles. The van der Waals surface area contributed by atoms with E-state index >= 15 is 17.6 Å². The van der Waals surface area contributed by atoms with Crippen molar-refractivity contribution >= 4 is 22.1 Å². The number of aromatic nitrogens is 2. The largest absolute Gasteiger partial charge is 0.437 e. The Morgan fingerprint density at radius 1 is 0.773 bits per heavy atom. The van der Waals surface area contributed by atoms with Crippen LogP contribution in [0.4, 0.5) is 35.1 Å². The summed E-state index contributed by atoms with van der Waals surface area (Å²) in [6, 6.07) is 9.41. The smallest absolute Gasteiger partial charge is 0.384 e. The lowest BCUT2D eigenvalue weighted by Gasteiger charge is -2.43. The Morgan fingerprint density at radius 2 is 1.50 bits per heavy atom. The van der Waals surface area contributed by atoms with Gasteiger partial charge in [-0.1, -0.05) is 51.1 Å². The molecule has 0 N–H and O–H groups in total. The van der Waals surface area contributed by atoms with Crippen LogP contribution in [0.3, 0.4) is 0 Å². The van der Waals surface area contributed by atoms with Crippen molar-refractivity contribution in [2.24, 2.45) is 5.41 Å². The summed E-state index contributed by atoms with van der Waals surface area (Å²) < 4.78 is 193. The quantitative estimate of drug-likeness (QED) is 0.187. The van der Waals surface area contributed by atoms with E-state index in [4.69, 9.17) is 15.4 Å². The topological polar surface area (TPSA) is 38.9 Å². The van der Waals surface area contributed by atoms with E-state index in [0.29, 0.717) is 6.07 Å². The molecule has 3 heterocycles. The molecule has 1 aliphatic carbocycles. The number of rotatable bonds is 3. The van der Waals surface area contributed by atoms with Gasteiger partial charge in [-0.3, -0.25) is 0 Å². The van der Waals surface area contributed by atoms with Crippen LogP contribution in [-0.4, -0.2) is 21.8 Å². The Bertz CT molecular complexity index is 2280. The normalized spacial score (nSPS) is 22.1. The van der Waals surface area contributed by atoms with Crippen LogP contribution in [0.5, 0.6) is 0 Å². The van der Waals surface area contributed by atoms with Crippen molar-refractivity contribution in [2.75, 3.05) is 0 Å². The Hall–Kier alpha value is -4.02. The van der Waals surface area contributed by atoms with Gasteiger partial charge in [0.25, 0.3) is 0 Å². The molecular weight excluding hydrogens is 592 g/mol. The van der Waals surface area contributed by atoms with Crippen LogP contribution < -0.4 is 0 Å². The first kappa shape index (κ1) is 21.6. The van der Waals surface area contributed by atoms with Gasteiger partial charge in [0, 0.05) is 33.0 Å². The fourth-order valence-corrected chi connectivity index (χ4v) is 5.31. The summed E-state index contributed by atoms with van der Waals surface area (Å²) in [6.07, 6.45) is -2.29. The first-order valence-electron chi connectivity index (χ1n) is 17.0. The minimum atomic E-state index is -6.71. The highest BCUT2D eigenvalue weighted by Crippen LogP contribution is 2.66. The average molecular weight is 627 g/mol. The minimum absolute atomic E-state index is 0.157. The van der Waals surface area contributed by atoms with Gasteiger partial charge < -0.3 is 4.42 Å². The van der Waals surface area contributed by atoms with Gasteiger partial charge in [-0.25, -0.2) is 9.97 Å². The minimum Gasteiger partial charge on any atom is -0.437 e. The first-order valence-corrected chi connectivity index (χ1v) is 13.0. The fraction of sp³-hybridized carbons (Fsp3) is 0.333. The molecule has 5 aromatic rings. The highest BCUT2D eigenvalue weighted by Gasteiger charge is 2.86. The second-order valence-electron chi connectivity index (χ2n) is 11.5. The Kier molecular flexibility index (Phi) is 4.55. The SMILES string of the molecule is [2H]C([2H])([2H])c1ccc2c(n1)oc1c(-c3cc(-c4ccc(C([2H])([2H])C(C)(C)C)cc4C([2H])([2H])[2H])c4c(n3)C(F)(F)C(F)(F)C(F)(F)C4(F)F)cccc12. The summed E-state index contributed by atoms with van der Waals surface area (Å²) in [7, 11) is 0. The third-order valence-electron chi connectivity index (χ3n) is 7.28. The van der Waals surface area contributed by atoms with E-state index in [1.807, 2.05) is 0 Å². The van der Waals surface area contributed by atoms with E-state index in [-0.39, 0.29) is 33.2 Å². The van der Waals surface area contributed by atoms with Gasteiger partial charge in [-0.05, 0) is 72.0 Å². The van der Waals surface area contributed by atoms with Crippen molar-refractivity contribution in [1.29, 1.82) is 0 Å². The number of aryl methyl sites for hydroxylation is 2. The number of hydrogen-bond acceptors (Lipinski definition) is 3. The lowest BCUT2D eigenvalue weighted by Crippen LogP contribution is -2.64. The second kappa shape index (κ2) is 9.25. The summed E-state index contributed by atoms with van der Waals surface area (Å²) in [5.41, 5.74) is -11.5. The van der Waals surface area contributed by atoms with Crippen LogP contribution in [0.15, 0.2) is 59.0 Å². The number of alkyl halides is 8. The molecule has 0 unspecified atom stereocenters. The third-order valence-corrected chi connectivity index (χ3v) is 7.28. The molecule has 6 rings (SSSR count). The Morgan fingerprint density at radius 3 is 2.18 bits per heavy atom. The van der Waals surface area contributed by atoms with Gasteiger partial charge in [0.1, 0.15) is 11.3 Å². The molecule has 3 aromatic heterocycles. The van der Waals surface area contributed by atoms with Gasteiger partial charge in [0.05, 0.1) is 11.3 Å². The molecule has 1 aliphatic rings. The summed E-state index contributed by atoms with van der Waals surface area (Å²) in [6.45, 7) is -1.57. The molecular formula is C33H26F8N2O. The van der Waals surface area contributed by atoms with Gasteiger partial charge in [-0.2, -0.15) is 35.1 Å². The van der Waals surface area contributed by atoms with Crippen LogP contribution >= 0.6 is 0 Å². The third kappa shape index (κ3) is 4.14. The summed E-state index contributed by atoms with van der Waals surface area (Å²) in [5.74, 6) is -25.5. The maximum atomic E-state index is 15.8. The molecule has 230 valence electrons. The van der Waals surface area contributed by atoms with Gasteiger partial charge >= 0.3 is 23.7 Å². The molecule has 0 aliphatic heterocycles. The molecule has 0 amide bonds. The monoisotopic (exact) mass is 626 g/mol. The molecule has 0 saturated carbocycles. The van der Waals surface area contributed by atoms with Crippen LogP contribution in [0.2, 0.25) is 0 Å². The average Bonchev–Trinajstić information content (AvgIpc) is 3.40. The fourth-order valence-electron chi connectivity index (χ4n) is 5.31. The summed E-state index contributed by atoms with van der Waals surface area (Å²) >= 11 is 0. The number of halogens is 8. The van der Waals surface area contributed by atoms with Gasteiger partial charge in [-0.15, -0.1) is 0 Å². The van der Waals surface area contributed by atoms with Crippen molar-refractivity contribution in [3.8, 4) is 22.4 Å². The second-order valence-corrected chi connectivity index (χ2v) is 11.5. The van der Waals surface area contributed by atoms with Crippen LogP contribution in [-0.2, 0) is 18.2 Å². The molecule has 11 heteroatoms. The van der Waals surface area contributed by atoms with Gasteiger partial charge in [0.2, 0.25) is 5.71 Å². The molecule has 44 heavy (non-hydrogen) atoms. The zero-order chi connectivity index (χ0) is 39.0. The van der Waals surface area contributed by atoms with E-state index in [1.165, 1.54) is 45.0 Å². The number of hydrogen-bond donors (Lipinski definition) is 0. The predicted molar refractivity (Wildman–Crippen MR) is 150 cm³/mol. The number of para-hydroxylation sites is 1. The Balaban J connectivity index is 1.76. The molecule has 2 aromatic carbocycles. The standard InChI is InChI=1S/C33H26F8N2O/c1-16-13-18(15-29(3,4)5)10-12-19(16)23-14-24(22-8-6-7-20-21-11-9-17(2)42-28(21)44-26(20)22)43-27-25(23)30(34,35)32(38,39)33(40,41)31(27,36)37/h6-14H,15H2,1-5H3/i1D3,2D3,15D2. The number of furan rings is 1. The number of nitrogens with zero attached hydrogens (tertiary/aromatic N) is 2. The van der Waals surface area contributed by atoms with E-state index < -0.39 is 88.5 Å². The molecule has 0 fully saturated rings. The molecule has 0 bridgehead atoms. The summed E-state index contributed by atoms with van der Waals surface area (Å²) in [5, 5.41) is 0.350. The van der Waals surface area contributed by atoms with Crippen molar-refractivity contribution < 1.29 is 50.5 Å². The highest BCUT2D eigenvalue weighted by molar-refractivity contribution is 6.08. The lowest BCUT2D eigenvalue weighted by molar-refractivity contribution is -0.387. The Labute approximate surface area is 258 Å². The number of benzene rings is 2. The van der Waals surface area contributed by atoms with E-state index in [9.17, 15) is 17.6 Å². The van der Waals surface area contributed by atoms with Gasteiger partial charge in [0.15, 0.2) is 0 Å². The van der Waals surface area contributed by atoms with Crippen LogP contribution in [0.25, 0.3) is 44.5 Å². The van der Waals surface area contributed by atoms with Crippen molar-refractivity contribution in [1.82, 2.24) is 9.97 Å². The highest BCUT2D eigenvalue weighted by atomic mass is 19.4. The molecule has 0 radical (unpaired) electrons. The summed E-state index contributed by atoms with van der Waals surface area (Å²) in [4.78, 5) is 7.39.